The van der Waals surface area contributed by atoms with Crippen molar-refractivity contribution in [1.82, 2.24) is 9.80 Å². The summed E-state index contributed by atoms with van der Waals surface area (Å²) >= 11 is 3.16. The van der Waals surface area contributed by atoms with Crippen LogP contribution < -0.4 is 5.73 Å². The van der Waals surface area contributed by atoms with Crippen LogP contribution in [-0.4, -0.2) is 60.3 Å². The average Bonchev–Trinajstić information content (AvgIpc) is 3.14. The molecule has 6 nitrogen and oxygen atoms in total. The van der Waals surface area contributed by atoms with Crippen LogP contribution in [0.15, 0.2) is 45.2 Å². The molecule has 8 heteroatoms. The van der Waals surface area contributed by atoms with Gasteiger partial charge in [-0.3, -0.25) is 4.79 Å². The predicted octanol–water partition coefficient (Wildman–Crippen LogP) is 4.49. The first-order valence-electron chi connectivity index (χ1n) is 11.2. The summed E-state index contributed by atoms with van der Waals surface area (Å²) < 4.78 is 0. The van der Waals surface area contributed by atoms with Crippen LogP contribution in [-0.2, 0) is 19.4 Å². The standard InChI is InChI=1S/C25H31N5OS2/c1-6-16-11-18-14-29(4)8-7-17(18)12-19(16)27-25(26)28-22(15(2)3)20-13-21-23(33-20)24(31)30(5)9-10-32-21/h11-13H,2,6-10,14H2,1,3-5H3,(H2,26,27)/b28-22+. The number of amides is 1. The Hall–Kier alpha value is -2.42. The normalized spacial score (nSPS) is 17.6. The van der Waals surface area contributed by atoms with Gasteiger partial charge in [0.25, 0.3) is 5.91 Å². The quantitative estimate of drug-likeness (QED) is 0.516. The number of guanidine groups is 1. The van der Waals surface area contributed by atoms with Crippen molar-refractivity contribution in [2.24, 2.45) is 15.7 Å². The van der Waals surface area contributed by atoms with E-state index in [4.69, 9.17) is 10.7 Å². The highest BCUT2D eigenvalue weighted by molar-refractivity contribution is 7.99. The van der Waals surface area contributed by atoms with E-state index < -0.39 is 0 Å². The minimum Gasteiger partial charge on any atom is -0.368 e. The second-order valence-electron chi connectivity index (χ2n) is 8.68. The molecule has 0 saturated heterocycles. The Labute approximate surface area is 204 Å². The first-order valence-corrected chi connectivity index (χ1v) is 13.0. The van der Waals surface area contributed by atoms with Crippen molar-refractivity contribution in [2.45, 2.75) is 38.1 Å². The summed E-state index contributed by atoms with van der Waals surface area (Å²) in [6, 6.07) is 6.47. The SMILES string of the molecule is C=C(C)/C(=N\C(N)=Nc1cc2c(cc1CC)CN(C)CC2)c1cc2c(s1)C(=O)N(C)CCS2. The second-order valence-corrected chi connectivity index (χ2v) is 10.9. The summed E-state index contributed by atoms with van der Waals surface area (Å²) in [5.74, 6) is 1.14. The maximum absolute atomic E-state index is 12.7. The van der Waals surface area contributed by atoms with Gasteiger partial charge in [-0.1, -0.05) is 19.6 Å². The average molecular weight is 482 g/mol. The van der Waals surface area contributed by atoms with E-state index in [9.17, 15) is 4.79 Å². The Morgan fingerprint density at radius 3 is 2.73 bits per heavy atom. The van der Waals surface area contributed by atoms with Crippen LogP contribution in [0, 0.1) is 0 Å². The van der Waals surface area contributed by atoms with E-state index in [1.165, 1.54) is 28.0 Å². The molecule has 0 atom stereocenters. The fourth-order valence-electron chi connectivity index (χ4n) is 4.11. The molecule has 0 aliphatic carbocycles. The molecule has 174 valence electrons. The number of nitrogens with two attached hydrogens (primary N) is 1. The largest absolute Gasteiger partial charge is 0.368 e. The molecule has 2 aromatic rings. The third kappa shape index (κ3) is 5.08. The van der Waals surface area contributed by atoms with Gasteiger partial charge in [-0.05, 0) is 61.2 Å². The topological polar surface area (TPSA) is 74.3 Å². The van der Waals surface area contributed by atoms with E-state index in [1.54, 1.807) is 16.7 Å². The zero-order valence-electron chi connectivity index (χ0n) is 19.8. The highest BCUT2D eigenvalue weighted by Gasteiger charge is 2.25. The van der Waals surface area contributed by atoms with Crippen molar-refractivity contribution in [3.05, 3.63) is 56.8 Å². The molecule has 2 aliphatic rings. The number of hydrogen-bond acceptors (Lipinski definition) is 5. The lowest BCUT2D eigenvalue weighted by Gasteiger charge is -2.26. The Morgan fingerprint density at radius 1 is 1.21 bits per heavy atom. The number of carbonyl (C=O) groups excluding carboxylic acids is 1. The van der Waals surface area contributed by atoms with Crippen molar-refractivity contribution in [3.63, 3.8) is 0 Å². The van der Waals surface area contributed by atoms with E-state index in [0.29, 0.717) is 5.71 Å². The number of aryl methyl sites for hydroxylation is 1. The zero-order chi connectivity index (χ0) is 23.7. The summed E-state index contributed by atoms with van der Waals surface area (Å²) in [6.45, 7) is 10.9. The van der Waals surface area contributed by atoms with Crippen LogP contribution in [0.25, 0.3) is 0 Å². The lowest BCUT2D eigenvalue weighted by Crippen LogP contribution is -2.26. The van der Waals surface area contributed by atoms with Crippen molar-refractivity contribution in [3.8, 4) is 0 Å². The molecule has 1 aromatic heterocycles. The summed E-state index contributed by atoms with van der Waals surface area (Å²) in [5.41, 5.74) is 12.6. The number of hydrogen-bond donors (Lipinski definition) is 1. The van der Waals surface area contributed by atoms with Gasteiger partial charge in [0.15, 0.2) is 0 Å². The number of likely N-dealkylation sites (N-methyl/N-ethyl adjacent to an activating group) is 1. The van der Waals surface area contributed by atoms with Crippen LogP contribution >= 0.6 is 23.1 Å². The van der Waals surface area contributed by atoms with Gasteiger partial charge in [0.05, 0.1) is 16.3 Å². The Bertz CT molecular complexity index is 1160. The smallest absolute Gasteiger partial charge is 0.264 e. The summed E-state index contributed by atoms with van der Waals surface area (Å²) in [7, 11) is 4.00. The van der Waals surface area contributed by atoms with Gasteiger partial charge in [-0.15, -0.1) is 23.1 Å². The fourth-order valence-corrected chi connectivity index (χ4v) is 6.61. The molecule has 0 unspecified atom stereocenters. The van der Waals surface area contributed by atoms with E-state index in [2.05, 4.69) is 42.6 Å². The molecule has 0 bridgehead atoms. The van der Waals surface area contributed by atoms with Crippen LogP contribution in [0.4, 0.5) is 5.69 Å². The molecule has 1 aromatic carbocycles. The van der Waals surface area contributed by atoms with Gasteiger partial charge in [0.2, 0.25) is 5.96 Å². The molecule has 0 saturated carbocycles. The lowest BCUT2D eigenvalue weighted by atomic mass is 9.95. The third-order valence-corrected chi connectivity index (χ3v) is 8.29. The number of nitrogens with zero attached hydrogens (tertiary/aromatic N) is 4. The van der Waals surface area contributed by atoms with Crippen LogP contribution in [0.1, 0.15) is 45.1 Å². The summed E-state index contributed by atoms with van der Waals surface area (Å²) in [5, 5.41) is 0. The molecule has 4 rings (SSSR count). The summed E-state index contributed by atoms with van der Waals surface area (Å²) in [4.78, 5) is 28.9. The fraction of sp³-hybridized carbons (Fsp3) is 0.400. The van der Waals surface area contributed by atoms with E-state index in [1.807, 2.05) is 20.0 Å². The number of allylic oxidation sites excluding steroid dienone is 1. The van der Waals surface area contributed by atoms with Crippen LogP contribution in [0.5, 0.6) is 0 Å². The third-order valence-electron chi connectivity index (χ3n) is 6.01. The van der Waals surface area contributed by atoms with Gasteiger partial charge >= 0.3 is 0 Å². The zero-order valence-corrected chi connectivity index (χ0v) is 21.4. The molecule has 1 amide bonds. The first kappa shape index (κ1) is 23.7. The van der Waals surface area contributed by atoms with Crippen LogP contribution in [0.3, 0.4) is 0 Å². The van der Waals surface area contributed by atoms with Crippen LogP contribution in [0.2, 0.25) is 0 Å². The number of carbonyl (C=O) groups is 1. The van der Waals surface area contributed by atoms with E-state index >= 15 is 0 Å². The van der Waals surface area contributed by atoms with Gasteiger partial charge in [-0.2, -0.15) is 0 Å². The maximum Gasteiger partial charge on any atom is 0.264 e. The maximum atomic E-state index is 12.7. The molecule has 2 N–H and O–H groups in total. The van der Waals surface area contributed by atoms with Crippen molar-refractivity contribution < 1.29 is 4.79 Å². The molecular weight excluding hydrogens is 450 g/mol. The molecular formula is C25H31N5OS2. The van der Waals surface area contributed by atoms with Gasteiger partial charge in [0.1, 0.15) is 4.88 Å². The molecule has 0 spiro atoms. The minimum absolute atomic E-state index is 0.0567. The number of thiophene rings is 1. The number of rotatable bonds is 4. The Kier molecular flexibility index (Phi) is 7.07. The lowest BCUT2D eigenvalue weighted by molar-refractivity contribution is 0.0807. The number of fused-ring (bicyclic) bond motifs is 2. The molecule has 0 radical (unpaired) electrons. The van der Waals surface area contributed by atoms with Gasteiger partial charge in [-0.25, -0.2) is 9.98 Å². The first-order chi connectivity index (χ1) is 15.8. The van der Waals surface area contributed by atoms with Crippen molar-refractivity contribution in [1.29, 1.82) is 0 Å². The summed E-state index contributed by atoms with van der Waals surface area (Å²) in [6.07, 6.45) is 1.89. The number of aliphatic imine (C=N–C) groups is 2. The van der Waals surface area contributed by atoms with Gasteiger partial charge < -0.3 is 15.5 Å². The molecule has 3 heterocycles. The van der Waals surface area contributed by atoms with Crippen molar-refractivity contribution in [2.75, 3.05) is 32.9 Å². The van der Waals surface area contributed by atoms with Crippen molar-refractivity contribution >= 4 is 46.4 Å². The minimum atomic E-state index is 0.0567. The molecule has 0 fully saturated rings. The predicted molar refractivity (Wildman–Crippen MR) is 140 cm³/mol. The number of thioether (sulfide) groups is 1. The second kappa shape index (κ2) is 9.83. The van der Waals surface area contributed by atoms with E-state index in [0.717, 1.165) is 64.1 Å². The molecule has 33 heavy (non-hydrogen) atoms. The Morgan fingerprint density at radius 2 is 2.00 bits per heavy atom. The number of benzene rings is 1. The highest BCUT2D eigenvalue weighted by Crippen LogP contribution is 2.35. The Balaban J connectivity index is 1.70. The molecule has 2 aliphatic heterocycles. The van der Waals surface area contributed by atoms with Gasteiger partial charge in [0, 0.05) is 37.3 Å². The van der Waals surface area contributed by atoms with E-state index in [-0.39, 0.29) is 11.9 Å². The monoisotopic (exact) mass is 481 g/mol. The highest BCUT2D eigenvalue weighted by atomic mass is 32.2.